The number of hydrogen-bond donors (Lipinski definition) is 9. The minimum Gasteiger partial charge on any atom is -0.378 e. The minimum absolute atomic E-state index is 0.0558. The highest BCUT2D eigenvalue weighted by molar-refractivity contribution is 7.90. The number of rotatable bonds is 54. The summed E-state index contributed by atoms with van der Waals surface area (Å²) in [4.78, 5) is 47.1. The topological polar surface area (TPSA) is 358 Å². The van der Waals surface area contributed by atoms with Gasteiger partial charge in [-0.1, -0.05) is 106 Å². The molecule has 0 aliphatic carbocycles. The van der Waals surface area contributed by atoms with Crippen LogP contribution < -0.4 is 46.1 Å². The Hall–Kier alpha value is -5.92. The minimum atomic E-state index is -3.84. The molecule has 0 aromatic heterocycles. The Morgan fingerprint density at radius 3 is 0.818 bits per heavy atom. The molecule has 31 nitrogen and oxygen atoms in total. The highest BCUT2D eigenvalue weighted by Gasteiger charge is 2.32. The molecule has 0 unspecified atom stereocenters. The second-order valence-electron chi connectivity index (χ2n) is 28.9. The number of hydrogen-bond acceptors (Lipinski definition) is 22. The average molecular weight is 1860 g/mol. The van der Waals surface area contributed by atoms with Gasteiger partial charge in [-0.15, -0.1) is 0 Å². The lowest BCUT2D eigenvalue weighted by atomic mass is 9.85. The predicted molar refractivity (Wildman–Crippen MR) is 467 cm³/mol. The van der Waals surface area contributed by atoms with Gasteiger partial charge >= 0.3 is 18.1 Å². The van der Waals surface area contributed by atoms with Crippen molar-refractivity contribution in [3.8, 4) is 0 Å². The van der Waals surface area contributed by atoms with E-state index in [0.29, 0.717) is 89.0 Å². The Morgan fingerprint density at radius 2 is 0.562 bits per heavy atom. The normalized spacial score (nSPS) is 15.9. The fourth-order valence-corrected chi connectivity index (χ4v) is 18.8. The van der Waals surface area contributed by atoms with E-state index < -0.39 is 48.2 Å². The first-order valence-electron chi connectivity index (χ1n) is 40.0. The second kappa shape index (κ2) is 51.6. The van der Waals surface area contributed by atoms with Crippen molar-refractivity contribution in [2.45, 2.75) is 52.1 Å². The molecule has 0 saturated carbocycles. The van der Waals surface area contributed by atoms with E-state index in [2.05, 4.69) is 60.8 Å². The van der Waals surface area contributed by atoms with Crippen LogP contribution in [0.5, 0.6) is 0 Å². The molecule has 9 N–H and O–H groups in total. The summed E-state index contributed by atoms with van der Waals surface area (Å²) in [5.41, 5.74) is 8.37. The Balaban J connectivity index is 0.594. The van der Waals surface area contributed by atoms with E-state index in [9.17, 15) is 39.6 Å². The molecule has 6 aromatic carbocycles. The van der Waals surface area contributed by atoms with Crippen molar-refractivity contribution < 1.29 is 82.3 Å². The maximum Gasteiger partial charge on any atom is 0.314 e. The summed E-state index contributed by atoms with van der Waals surface area (Å²) in [5.74, 6) is -0.361. The van der Waals surface area contributed by atoms with Crippen molar-refractivity contribution in [1.82, 2.24) is 65.7 Å². The van der Waals surface area contributed by atoms with Gasteiger partial charge in [-0.25, -0.2) is 53.8 Å². The molecule has 668 valence electrons. The molecule has 0 bridgehead atoms. The Bertz CT molecular complexity index is 4210. The van der Waals surface area contributed by atoms with Gasteiger partial charge in [0.05, 0.1) is 134 Å². The number of carbonyl (C=O) groups excluding carboxylic acids is 3. The molecular formula is C81H111Cl6N13O18S3. The number of benzene rings is 6. The number of urea groups is 3. The Kier molecular flexibility index (Phi) is 42.2. The SMILES string of the molecule is CN1Cc2c(Cl)cc(Cl)cc2[C@@H](c2cccc(S(=O)(=O)NCCOCCOCCOCCNC(=O)NCCN(CCNC(=O)NCCOCCOCCOCCNS(=O)(=O)c3cccc([C@@H]4CN(C)Cc5c(Cl)cc(Cl)cc54)c3)CCNC(=O)NCCOCCOCCOCCNS(=O)(=O)c3cccc([C@@H]4CN(C)Cc5c(Cl)cc(Cl)cc54)c3)c2)C1. The van der Waals surface area contributed by atoms with Gasteiger partial charge in [0.2, 0.25) is 30.1 Å². The van der Waals surface area contributed by atoms with Crippen LogP contribution in [0.2, 0.25) is 30.1 Å². The molecule has 0 fully saturated rings. The fraction of sp³-hybridized carbons (Fsp3) is 0.519. The standard InChI is InChI=1S/C81H111Cl6N13O18S3/c1-97-52-70(67-46-61(82)49-76(85)73(67)55-97)58-7-4-10-64(43-58)119(104,105)94-19-28-113-34-40-116-37-31-110-25-16-91-79(101)88-13-22-100(23-14-89-80(102)92-17-26-111-32-38-117-41-35-114-29-20-95-120(106,107)65-11-5-8-59(44-65)71-53-98(2)56-74-68(71)47-62(83)50-77(74)86)24-15-90-81(103)93-18-27-112-33-39-118-42-36-115-30-21-96-121(108,109)66-12-6-9-60(45-66)72-54-99(3)57-75-69(72)48-63(84)51-78(75)87/h4-12,43-51,70-72,94-96H,13-42,52-57H2,1-3H3,(H2,88,91,101)(H2,89,92,102)(H2,90,93,103)/t70-,71-,72+/m0/s1. The summed E-state index contributed by atoms with van der Waals surface area (Å²) < 4.78 is 138. The summed E-state index contributed by atoms with van der Waals surface area (Å²) >= 11 is 38.8. The summed E-state index contributed by atoms with van der Waals surface area (Å²) in [5, 5.41) is 20.1. The number of nitrogens with zero attached hydrogens (tertiary/aromatic N) is 4. The smallest absolute Gasteiger partial charge is 0.314 e. The van der Waals surface area contributed by atoms with E-state index in [1.165, 1.54) is 0 Å². The predicted octanol–water partition coefficient (Wildman–Crippen LogP) is 7.92. The van der Waals surface area contributed by atoms with Gasteiger partial charge in [0.25, 0.3) is 0 Å². The highest BCUT2D eigenvalue weighted by Crippen LogP contribution is 2.42. The summed E-state index contributed by atoms with van der Waals surface area (Å²) in [7, 11) is -5.53. The maximum atomic E-state index is 13.3. The van der Waals surface area contributed by atoms with Crippen LogP contribution in [-0.2, 0) is 92.3 Å². The molecule has 3 heterocycles. The average Bonchev–Trinajstić information content (AvgIpc) is 0.781. The Morgan fingerprint density at radius 1 is 0.331 bits per heavy atom. The first-order valence-corrected chi connectivity index (χ1v) is 46.7. The van der Waals surface area contributed by atoms with E-state index in [-0.39, 0.29) is 210 Å². The van der Waals surface area contributed by atoms with Crippen molar-refractivity contribution in [1.29, 1.82) is 0 Å². The molecule has 6 amide bonds. The fourth-order valence-electron chi connectivity index (χ4n) is 13.9. The third kappa shape index (κ3) is 33.4. The third-order valence-electron chi connectivity index (χ3n) is 19.8. The van der Waals surface area contributed by atoms with E-state index in [1.807, 2.05) is 62.4 Å². The molecule has 3 aliphatic rings. The molecular weight excluding hydrogens is 1750 g/mol. The van der Waals surface area contributed by atoms with E-state index in [1.54, 1.807) is 72.8 Å². The lowest BCUT2D eigenvalue weighted by molar-refractivity contribution is 0.0165. The summed E-state index contributed by atoms with van der Waals surface area (Å²) in [6, 6.07) is 30.2. The van der Waals surface area contributed by atoms with Gasteiger partial charge in [-0.05, 0) is 144 Å². The molecule has 0 saturated heterocycles. The third-order valence-corrected chi connectivity index (χ3v) is 25.8. The van der Waals surface area contributed by atoms with Crippen LogP contribution in [0.25, 0.3) is 0 Å². The quantitative estimate of drug-likeness (QED) is 0.0164. The second-order valence-corrected chi connectivity index (χ2v) is 36.8. The van der Waals surface area contributed by atoms with Gasteiger partial charge in [0.1, 0.15) is 0 Å². The number of nitrogens with one attached hydrogen (secondary N) is 9. The van der Waals surface area contributed by atoms with Crippen LogP contribution in [0.1, 0.15) is 67.8 Å². The molecule has 40 heteroatoms. The van der Waals surface area contributed by atoms with E-state index in [0.717, 1.165) is 50.1 Å². The number of sulfonamides is 3. The number of fused-ring (bicyclic) bond motifs is 3. The van der Waals surface area contributed by atoms with Gasteiger partial charge in [-0.2, -0.15) is 0 Å². The van der Waals surface area contributed by atoms with Crippen molar-refractivity contribution >= 4 is 118 Å². The van der Waals surface area contributed by atoms with Crippen LogP contribution >= 0.6 is 69.6 Å². The van der Waals surface area contributed by atoms with Crippen LogP contribution in [0.4, 0.5) is 14.4 Å². The number of halogens is 6. The first-order chi connectivity index (χ1) is 58.2. The maximum absolute atomic E-state index is 13.3. The summed E-state index contributed by atoms with van der Waals surface area (Å²) in [6.07, 6.45) is 0. The van der Waals surface area contributed by atoms with E-state index in [4.69, 9.17) is 112 Å². The van der Waals surface area contributed by atoms with Crippen LogP contribution in [0.3, 0.4) is 0 Å². The van der Waals surface area contributed by atoms with Gasteiger partial charge in [0, 0.05) is 166 Å². The Labute approximate surface area is 740 Å². The van der Waals surface area contributed by atoms with Crippen molar-refractivity contribution in [2.75, 3.05) is 238 Å². The van der Waals surface area contributed by atoms with E-state index >= 15 is 0 Å². The lowest BCUT2D eigenvalue weighted by Crippen LogP contribution is -2.47. The van der Waals surface area contributed by atoms with Crippen molar-refractivity contribution in [3.05, 3.63) is 189 Å². The molecule has 0 radical (unpaired) electrons. The zero-order valence-electron chi connectivity index (χ0n) is 68.2. The molecule has 0 spiro atoms. The van der Waals surface area contributed by atoms with Gasteiger partial charge < -0.3 is 89.2 Å². The van der Waals surface area contributed by atoms with Crippen molar-refractivity contribution in [2.24, 2.45) is 0 Å². The van der Waals surface area contributed by atoms with Crippen LogP contribution in [0, 0.1) is 0 Å². The molecule has 3 aliphatic heterocycles. The van der Waals surface area contributed by atoms with Gasteiger partial charge in [-0.3, -0.25) is 4.90 Å². The summed E-state index contributed by atoms with van der Waals surface area (Å²) in [6.45, 7) is 10.7. The molecule has 121 heavy (non-hydrogen) atoms. The number of ether oxygens (including phenoxy) is 9. The number of amides is 6. The van der Waals surface area contributed by atoms with Crippen LogP contribution in [-0.4, -0.2) is 301 Å². The molecule has 6 aromatic rings. The zero-order chi connectivity index (χ0) is 86.6. The molecule has 3 atom stereocenters. The van der Waals surface area contributed by atoms with Gasteiger partial charge in [0.15, 0.2) is 0 Å². The number of likely N-dealkylation sites (N-methyl/N-ethyl adjacent to an activating group) is 3. The molecule has 9 rings (SSSR count). The first kappa shape index (κ1) is 98.9. The van der Waals surface area contributed by atoms with Crippen LogP contribution in [0.15, 0.2) is 124 Å². The largest absolute Gasteiger partial charge is 0.378 e. The number of carbonyl (C=O) groups is 3. The lowest BCUT2D eigenvalue weighted by Gasteiger charge is -2.33. The zero-order valence-corrected chi connectivity index (χ0v) is 75.2. The monoisotopic (exact) mass is 1860 g/mol. The highest BCUT2D eigenvalue weighted by atomic mass is 35.5. The van der Waals surface area contributed by atoms with Crippen molar-refractivity contribution in [3.63, 3.8) is 0 Å².